The van der Waals surface area contributed by atoms with Crippen LogP contribution in [0, 0.1) is 12.8 Å². The highest BCUT2D eigenvalue weighted by molar-refractivity contribution is 5.76. The van der Waals surface area contributed by atoms with Crippen LogP contribution in [0.1, 0.15) is 29.9 Å². The number of hydrogen-bond donors (Lipinski definition) is 2. The number of H-pyrrole nitrogens is 1. The third-order valence-electron chi connectivity index (χ3n) is 4.31. The van der Waals surface area contributed by atoms with Crippen LogP contribution in [0.3, 0.4) is 0 Å². The largest absolute Gasteiger partial charge is 0.391 e. The summed E-state index contributed by atoms with van der Waals surface area (Å²) < 4.78 is 5.20. The van der Waals surface area contributed by atoms with Gasteiger partial charge in [-0.3, -0.25) is 9.89 Å². The minimum Gasteiger partial charge on any atom is -0.391 e. The molecule has 1 fully saturated rings. The van der Waals surface area contributed by atoms with Crippen molar-refractivity contribution in [1.29, 1.82) is 0 Å². The van der Waals surface area contributed by atoms with Gasteiger partial charge in [0.15, 0.2) is 0 Å². The van der Waals surface area contributed by atoms with Crippen LogP contribution in [0.5, 0.6) is 0 Å². The third-order valence-corrected chi connectivity index (χ3v) is 4.31. The van der Waals surface area contributed by atoms with Crippen molar-refractivity contribution in [3.63, 3.8) is 0 Å². The number of β-amino-alcohol motifs (C(OH)–C–C–N with tert-alkyl or cyclic N) is 1. The third kappa shape index (κ3) is 3.98. The molecule has 2 atom stereocenters. The van der Waals surface area contributed by atoms with Crippen molar-refractivity contribution in [2.75, 3.05) is 13.1 Å². The molecule has 0 saturated carbocycles. The molecule has 0 spiro atoms. The monoisotopic (exact) mass is 318 g/mol. The molecule has 1 saturated heterocycles. The maximum atomic E-state index is 12.3. The Labute approximate surface area is 134 Å². The zero-order valence-electron chi connectivity index (χ0n) is 13.2. The zero-order chi connectivity index (χ0) is 16.2. The van der Waals surface area contributed by atoms with Gasteiger partial charge in [0.05, 0.1) is 18.0 Å². The maximum Gasteiger partial charge on any atom is 0.222 e. The molecule has 7 nitrogen and oxygen atoms in total. The van der Waals surface area contributed by atoms with Crippen molar-refractivity contribution in [2.24, 2.45) is 5.92 Å². The summed E-state index contributed by atoms with van der Waals surface area (Å²) in [6.45, 7) is 2.85. The van der Waals surface area contributed by atoms with E-state index in [-0.39, 0.29) is 11.8 Å². The summed E-state index contributed by atoms with van der Waals surface area (Å²) in [7, 11) is 0. The van der Waals surface area contributed by atoms with Crippen LogP contribution < -0.4 is 0 Å². The Hall–Kier alpha value is -2.15. The first-order valence-corrected chi connectivity index (χ1v) is 7.97. The Morgan fingerprint density at radius 3 is 3.09 bits per heavy atom. The molecular formula is C16H22N4O3. The molecule has 7 heteroatoms. The molecule has 3 heterocycles. The second-order valence-electron chi connectivity index (χ2n) is 6.22. The number of rotatable bonds is 6. The number of aromatic nitrogens is 3. The first kappa shape index (κ1) is 15.7. The smallest absolute Gasteiger partial charge is 0.222 e. The van der Waals surface area contributed by atoms with Gasteiger partial charge in [0.25, 0.3) is 0 Å². The minimum absolute atomic E-state index is 0.0140. The summed E-state index contributed by atoms with van der Waals surface area (Å²) in [6.07, 6.45) is 5.85. The number of likely N-dealkylation sites (tertiary alicyclic amines) is 1. The summed E-state index contributed by atoms with van der Waals surface area (Å²) >= 11 is 0. The second kappa shape index (κ2) is 6.95. The number of aliphatic hydroxyl groups excluding tert-OH is 1. The zero-order valence-corrected chi connectivity index (χ0v) is 13.2. The Morgan fingerprint density at radius 1 is 1.52 bits per heavy atom. The van der Waals surface area contributed by atoms with Gasteiger partial charge in [-0.15, -0.1) is 0 Å². The Kier molecular flexibility index (Phi) is 4.76. The molecule has 0 radical (unpaired) electrons. The van der Waals surface area contributed by atoms with Gasteiger partial charge in [0.2, 0.25) is 5.91 Å². The number of aryl methyl sites for hydroxylation is 2. The fourth-order valence-electron chi connectivity index (χ4n) is 3.05. The summed E-state index contributed by atoms with van der Waals surface area (Å²) in [5.41, 5.74) is 1.94. The van der Waals surface area contributed by atoms with Gasteiger partial charge < -0.3 is 14.5 Å². The highest BCUT2D eigenvalue weighted by Gasteiger charge is 2.34. The van der Waals surface area contributed by atoms with E-state index in [9.17, 15) is 9.90 Å². The summed E-state index contributed by atoms with van der Waals surface area (Å²) in [4.78, 5) is 14.0. The summed E-state index contributed by atoms with van der Waals surface area (Å²) in [5, 5.41) is 20.7. The minimum atomic E-state index is -0.502. The molecule has 3 rings (SSSR count). The molecule has 124 valence electrons. The summed E-state index contributed by atoms with van der Waals surface area (Å²) in [6, 6.07) is 1.88. The Bertz CT molecular complexity index is 638. The molecule has 0 bridgehead atoms. The molecule has 1 aliphatic heterocycles. The number of carbonyl (C=O) groups is 1. The lowest BCUT2D eigenvalue weighted by molar-refractivity contribution is -0.130. The van der Waals surface area contributed by atoms with E-state index in [4.69, 9.17) is 4.52 Å². The number of hydrogen-bond acceptors (Lipinski definition) is 5. The van der Waals surface area contributed by atoms with E-state index in [1.165, 1.54) is 0 Å². The van der Waals surface area contributed by atoms with Gasteiger partial charge in [-0.1, -0.05) is 5.16 Å². The lowest BCUT2D eigenvalue weighted by Gasteiger charge is -2.15. The van der Waals surface area contributed by atoms with Crippen LogP contribution >= 0.6 is 0 Å². The van der Waals surface area contributed by atoms with Gasteiger partial charge in [-0.05, 0) is 25.3 Å². The van der Waals surface area contributed by atoms with Crippen molar-refractivity contribution in [2.45, 2.75) is 38.7 Å². The fourth-order valence-corrected chi connectivity index (χ4v) is 3.05. The number of nitrogens with zero attached hydrogens (tertiary/aromatic N) is 3. The molecule has 2 aromatic rings. The fraction of sp³-hybridized carbons (Fsp3) is 0.562. The predicted molar refractivity (Wildman–Crippen MR) is 82.5 cm³/mol. The topological polar surface area (TPSA) is 95.2 Å². The standard InChI is InChI=1S/C16H22N4O3/c1-11-5-14(23-19-11)6-13-9-20(10-15(13)21)16(22)4-2-3-12-7-17-18-8-12/h5,7-8,13,15,21H,2-4,6,9-10H2,1H3,(H,17,18). The van der Waals surface area contributed by atoms with Crippen LogP contribution in [-0.4, -0.2) is 50.5 Å². The lowest BCUT2D eigenvalue weighted by atomic mass is 10.0. The van der Waals surface area contributed by atoms with Crippen molar-refractivity contribution >= 4 is 5.91 Å². The molecule has 2 aromatic heterocycles. The Morgan fingerprint density at radius 2 is 2.39 bits per heavy atom. The van der Waals surface area contributed by atoms with E-state index in [2.05, 4.69) is 15.4 Å². The SMILES string of the molecule is Cc1cc(CC2CN(C(=O)CCCc3cn[nH]c3)CC2O)on1. The summed E-state index contributed by atoms with van der Waals surface area (Å²) in [5.74, 6) is 0.879. The van der Waals surface area contributed by atoms with Crippen LogP contribution in [0.25, 0.3) is 0 Å². The molecule has 0 aromatic carbocycles. The van der Waals surface area contributed by atoms with Crippen molar-refractivity contribution in [3.05, 3.63) is 35.5 Å². The van der Waals surface area contributed by atoms with E-state index in [0.29, 0.717) is 25.9 Å². The number of carbonyl (C=O) groups excluding carboxylic acids is 1. The lowest BCUT2D eigenvalue weighted by Crippen LogP contribution is -2.29. The van der Waals surface area contributed by atoms with E-state index in [1.54, 1.807) is 11.1 Å². The second-order valence-corrected chi connectivity index (χ2v) is 6.22. The van der Waals surface area contributed by atoms with Crippen LogP contribution in [0.4, 0.5) is 0 Å². The quantitative estimate of drug-likeness (QED) is 0.831. The average molecular weight is 318 g/mol. The average Bonchev–Trinajstić information content (AvgIpc) is 3.23. The molecule has 1 amide bonds. The van der Waals surface area contributed by atoms with Crippen LogP contribution in [0.2, 0.25) is 0 Å². The van der Waals surface area contributed by atoms with E-state index in [0.717, 1.165) is 29.9 Å². The highest BCUT2D eigenvalue weighted by Crippen LogP contribution is 2.23. The molecule has 1 aliphatic rings. The van der Waals surface area contributed by atoms with Gasteiger partial charge in [0, 0.05) is 44.1 Å². The number of aliphatic hydroxyl groups is 1. The molecule has 2 N–H and O–H groups in total. The van der Waals surface area contributed by atoms with Gasteiger partial charge in [-0.25, -0.2) is 0 Å². The van der Waals surface area contributed by atoms with E-state index in [1.807, 2.05) is 19.2 Å². The van der Waals surface area contributed by atoms with Crippen LogP contribution in [-0.2, 0) is 17.6 Å². The molecular weight excluding hydrogens is 296 g/mol. The van der Waals surface area contributed by atoms with Crippen molar-refractivity contribution in [1.82, 2.24) is 20.3 Å². The van der Waals surface area contributed by atoms with Gasteiger partial charge >= 0.3 is 0 Å². The van der Waals surface area contributed by atoms with E-state index < -0.39 is 6.10 Å². The van der Waals surface area contributed by atoms with Crippen molar-refractivity contribution in [3.8, 4) is 0 Å². The van der Waals surface area contributed by atoms with E-state index >= 15 is 0 Å². The number of nitrogens with one attached hydrogen (secondary N) is 1. The molecule has 2 unspecified atom stereocenters. The molecule has 23 heavy (non-hydrogen) atoms. The Balaban J connectivity index is 1.46. The van der Waals surface area contributed by atoms with Crippen molar-refractivity contribution < 1.29 is 14.4 Å². The first-order chi connectivity index (χ1) is 11.1. The van der Waals surface area contributed by atoms with Crippen LogP contribution in [0.15, 0.2) is 23.0 Å². The molecule has 0 aliphatic carbocycles. The van der Waals surface area contributed by atoms with Gasteiger partial charge in [0.1, 0.15) is 5.76 Å². The number of aromatic amines is 1. The first-order valence-electron chi connectivity index (χ1n) is 7.97. The highest BCUT2D eigenvalue weighted by atomic mass is 16.5. The number of amides is 1. The predicted octanol–water partition coefficient (Wildman–Crippen LogP) is 1.09. The van der Waals surface area contributed by atoms with Gasteiger partial charge in [-0.2, -0.15) is 5.10 Å². The normalized spacial score (nSPS) is 21.0. The maximum absolute atomic E-state index is 12.3.